The van der Waals surface area contributed by atoms with Gasteiger partial charge in [0.05, 0.1) is 19.6 Å². The zero-order valence-corrected chi connectivity index (χ0v) is 17.5. The topological polar surface area (TPSA) is 83.1 Å². The lowest BCUT2D eigenvalue weighted by Crippen LogP contribution is -2.33. The molecule has 4 rings (SSSR count). The maximum Gasteiger partial charge on any atom is 0.314 e. The molecule has 0 fully saturated rings. The van der Waals surface area contributed by atoms with E-state index in [4.69, 9.17) is 18.9 Å². The number of hydrogen-bond acceptors (Lipinski definition) is 6. The molecule has 162 valence electrons. The molecule has 0 aromatic heterocycles. The number of carbonyl (C=O) groups excluding carboxylic acids is 2. The first kappa shape index (κ1) is 20.8. The highest BCUT2D eigenvalue weighted by molar-refractivity contribution is 5.95. The van der Waals surface area contributed by atoms with Gasteiger partial charge >= 0.3 is 5.97 Å². The van der Waals surface area contributed by atoms with Crippen LogP contribution in [0.25, 0.3) is 0 Å². The van der Waals surface area contributed by atoms with Gasteiger partial charge in [0.15, 0.2) is 11.5 Å². The maximum atomic E-state index is 12.8. The van der Waals surface area contributed by atoms with Gasteiger partial charge < -0.3 is 24.3 Å². The average molecular weight is 423 g/mol. The van der Waals surface area contributed by atoms with Gasteiger partial charge in [0.25, 0.3) is 5.91 Å². The predicted octanol–water partition coefficient (Wildman–Crippen LogP) is 3.45. The van der Waals surface area contributed by atoms with Gasteiger partial charge in [-0.1, -0.05) is 24.3 Å². The summed E-state index contributed by atoms with van der Waals surface area (Å²) in [4.78, 5) is 25.5. The molecule has 0 radical (unpaired) electrons. The Balaban J connectivity index is 1.46. The second-order valence-corrected chi connectivity index (χ2v) is 7.44. The second-order valence-electron chi connectivity index (χ2n) is 7.44. The fourth-order valence-corrected chi connectivity index (χ4v) is 4.00. The van der Waals surface area contributed by atoms with Crippen LogP contribution in [0, 0.1) is 5.92 Å². The lowest BCUT2D eigenvalue weighted by molar-refractivity contribution is -0.146. The number of ether oxygens (including phenoxy) is 4. The number of amides is 1. The van der Waals surface area contributed by atoms with E-state index >= 15 is 0 Å². The number of benzene rings is 2. The van der Waals surface area contributed by atoms with Crippen LogP contribution in [0.1, 0.15) is 35.2 Å². The predicted molar refractivity (Wildman–Crippen MR) is 113 cm³/mol. The average Bonchev–Trinajstić information content (AvgIpc) is 3.43. The molecular weight excluding hydrogens is 398 g/mol. The number of hydrogen-bond donors (Lipinski definition) is 1. The van der Waals surface area contributed by atoms with E-state index in [1.54, 1.807) is 32.2 Å². The first-order valence-electron chi connectivity index (χ1n) is 10.3. The summed E-state index contributed by atoms with van der Waals surface area (Å²) in [5.41, 5.74) is 1.33. The van der Waals surface area contributed by atoms with Crippen LogP contribution in [0.2, 0.25) is 0 Å². The maximum absolute atomic E-state index is 12.8. The quantitative estimate of drug-likeness (QED) is 0.543. The lowest BCUT2D eigenvalue weighted by atomic mass is 9.85. The van der Waals surface area contributed by atoms with Crippen molar-refractivity contribution in [3.63, 3.8) is 0 Å². The molecule has 0 unspecified atom stereocenters. The standard InChI is InChI=1S/C24H25NO6/c1-3-29-24(27)22(15-5-4-6-19(12-15)28-2)16-7-9-18(11-16)25-23(26)17-8-10-20-21(13-17)31-14-30-20/h4-10,12-13,16,18,22H,3,11,14H2,1-2H3,(H,25,26)/t16-,18+,22-/m1/s1. The van der Waals surface area contributed by atoms with Gasteiger partial charge in [-0.05, 0) is 55.2 Å². The number of rotatable bonds is 7. The number of fused-ring (bicyclic) bond motifs is 1. The minimum Gasteiger partial charge on any atom is -0.497 e. The van der Waals surface area contributed by atoms with Crippen LogP contribution in [-0.4, -0.2) is 38.4 Å². The van der Waals surface area contributed by atoms with E-state index in [1.807, 2.05) is 36.4 Å². The van der Waals surface area contributed by atoms with E-state index in [-0.39, 0.29) is 30.6 Å². The van der Waals surface area contributed by atoms with Gasteiger partial charge in [-0.2, -0.15) is 0 Å². The van der Waals surface area contributed by atoms with Crippen molar-refractivity contribution < 1.29 is 28.5 Å². The lowest BCUT2D eigenvalue weighted by Gasteiger charge is -2.23. The van der Waals surface area contributed by atoms with Crippen LogP contribution < -0.4 is 19.5 Å². The summed E-state index contributed by atoms with van der Waals surface area (Å²) in [6.45, 7) is 2.26. The van der Waals surface area contributed by atoms with Gasteiger partial charge in [0.2, 0.25) is 6.79 Å². The Hall–Kier alpha value is -3.48. The minimum absolute atomic E-state index is 0.104. The third-order valence-electron chi connectivity index (χ3n) is 5.49. The van der Waals surface area contributed by atoms with Crippen LogP contribution in [0.3, 0.4) is 0 Å². The summed E-state index contributed by atoms with van der Waals surface area (Å²) in [7, 11) is 1.59. The van der Waals surface area contributed by atoms with Gasteiger partial charge in [-0.25, -0.2) is 0 Å². The number of carbonyl (C=O) groups is 2. The van der Waals surface area contributed by atoms with E-state index in [0.717, 1.165) is 5.56 Å². The molecule has 2 aliphatic rings. The number of methoxy groups -OCH3 is 1. The van der Waals surface area contributed by atoms with Crippen LogP contribution in [-0.2, 0) is 9.53 Å². The van der Waals surface area contributed by atoms with E-state index in [1.165, 1.54) is 0 Å². The van der Waals surface area contributed by atoms with Crippen LogP contribution in [0.5, 0.6) is 17.2 Å². The summed E-state index contributed by atoms with van der Waals surface area (Å²) >= 11 is 0. The van der Waals surface area contributed by atoms with Crippen molar-refractivity contribution in [1.82, 2.24) is 5.32 Å². The molecule has 1 amide bonds. The Morgan fingerprint density at radius 3 is 2.77 bits per heavy atom. The molecule has 0 bridgehead atoms. The number of nitrogens with one attached hydrogen (secondary N) is 1. The Labute approximate surface area is 180 Å². The van der Waals surface area contributed by atoms with Crippen molar-refractivity contribution in [3.05, 3.63) is 65.7 Å². The van der Waals surface area contributed by atoms with E-state index in [0.29, 0.717) is 35.8 Å². The molecule has 1 aliphatic heterocycles. The Morgan fingerprint density at radius 2 is 1.97 bits per heavy atom. The molecule has 2 aromatic carbocycles. The third kappa shape index (κ3) is 4.50. The van der Waals surface area contributed by atoms with Crippen LogP contribution in [0.4, 0.5) is 0 Å². The van der Waals surface area contributed by atoms with E-state index in [9.17, 15) is 9.59 Å². The fraction of sp³-hybridized carbons (Fsp3) is 0.333. The van der Waals surface area contributed by atoms with Crippen molar-refractivity contribution in [1.29, 1.82) is 0 Å². The van der Waals surface area contributed by atoms with Gasteiger partial charge in [-0.3, -0.25) is 9.59 Å². The van der Waals surface area contributed by atoms with Crippen molar-refractivity contribution in [3.8, 4) is 17.2 Å². The second kappa shape index (κ2) is 9.12. The van der Waals surface area contributed by atoms with Crippen molar-refractivity contribution >= 4 is 11.9 Å². The monoisotopic (exact) mass is 423 g/mol. The fourth-order valence-electron chi connectivity index (χ4n) is 4.00. The Bertz CT molecular complexity index is 1000. The molecule has 1 N–H and O–H groups in total. The van der Waals surface area contributed by atoms with Gasteiger partial charge in [0.1, 0.15) is 5.75 Å². The Kier molecular flexibility index (Phi) is 6.11. The zero-order chi connectivity index (χ0) is 21.8. The largest absolute Gasteiger partial charge is 0.497 e. The number of allylic oxidation sites excluding steroid dienone is 1. The summed E-state index contributed by atoms with van der Waals surface area (Å²) in [5, 5.41) is 3.02. The van der Waals surface area contributed by atoms with E-state index < -0.39 is 5.92 Å². The minimum atomic E-state index is -0.473. The molecule has 1 aliphatic carbocycles. The van der Waals surface area contributed by atoms with Gasteiger partial charge in [-0.15, -0.1) is 0 Å². The highest BCUT2D eigenvalue weighted by atomic mass is 16.7. The first-order chi connectivity index (χ1) is 15.1. The van der Waals surface area contributed by atoms with Crippen molar-refractivity contribution in [2.75, 3.05) is 20.5 Å². The zero-order valence-electron chi connectivity index (χ0n) is 17.5. The first-order valence-corrected chi connectivity index (χ1v) is 10.3. The van der Waals surface area contributed by atoms with Gasteiger partial charge in [0, 0.05) is 11.6 Å². The third-order valence-corrected chi connectivity index (χ3v) is 5.49. The summed E-state index contributed by atoms with van der Waals surface area (Å²) < 4.78 is 21.3. The van der Waals surface area contributed by atoms with Crippen LogP contribution in [0.15, 0.2) is 54.6 Å². The molecule has 7 nitrogen and oxygen atoms in total. The summed E-state index contributed by atoms with van der Waals surface area (Å²) in [5.74, 6) is 0.810. The van der Waals surface area contributed by atoms with Crippen LogP contribution >= 0.6 is 0 Å². The molecule has 0 saturated carbocycles. The molecule has 3 atom stereocenters. The normalized spacial score (nSPS) is 19.7. The molecule has 0 saturated heterocycles. The molecule has 1 heterocycles. The Morgan fingerprint density at radius 1 is 1.13 bits per heavy atom. The smallest absolute Gasteiger partial charge is 0.314 e. The highest BCUT2D eigenvalue weighted by Crippen LogP contribution is 2.36. The SMILES string of the molecule is CCOC(=O)[C@H](c1cccc(OC)c1)[C@@H]1C=C[C@H](NC(=O)c2ccc3c(c2)OCO3)C1. The van der Waals surface area contributed by atoms with Crippen molar-refractivity contribution in [2.45, 2.75) is 25.3 Å². The molecule has 0 spiro atoms. The molecule has 31 heavy (non-hydrogen) atoms. The highest BCUT2D eigenvalue weighted by Gasteiger charge is 2.34. The summed E-state index contributed by atoms with van der Waals surface area (Å²) in [6, 6.07) is 12.4. The van der Waals surface area contributed by atoms with Crippen molar-refractivity contribution in [2.24, 2.45) is 5.92 Å². The number of esters is 1. The summed E-state index contributed by atoms with van der Waals surface area (Å²) in [6.07, 6.45) is 4.50. The van der Waals surface area contributed by atoms with E-state index in [2.05, 4.69) is 5.32 Å². The molecular formula is C24H25NO6. The molecule has 2 aromatic rings. The molecule has 7 heteroatoms.